The number of benzene rings is 2. The van der Waals surface area contributed by atoms with Gasteiger partial charge < -0.3 is 4.90 Å². The number of hydrogen-bond acceptors (Lipinski definition) is 3. The van der Waals surface area contributed by atoms with E-state index in [2.05, 4.69) is 4.72 Å². The van der Waals surface area contributed by atoms with Gasteiger partial charge in [-0.15, -0.1) is 0 Å². The van der Waals surface area contributed by atoms with Gasteiger partial charge in [0.15, 0.2) is 0 Å². The number of nitrogens with zero attached hydrogens (tertiary/aromatic N) is 1. The van der Waals surface area contributed by atoms with Gasteiger partial charge in [-0.25, -0.2) is 13.1 Å². The van der Waals surface area contributed by atoms with Gasteiger partial charge in [0.25, 0.3) is 0 Å². The third kappa shape index (κ3) is 3.81. The second-order valence-corrected chi connectivity index (χ2v) is 8.56. The number of nitrogens with one attached hydrogen (secondary N) is 1. The number of carbonyl (C=O) groups is 1. The van der Waals surface area contributed by atoms with Crippen molar-refractivity contribution < 1.29 is 13.2 Å². The van der Waals surface area contributed by atoms with Crippen LogP contribution in [0.25, 0.3) is 0 Å². The number of anilines is 1. The predicted molar refractivity (Wildman–Crippen MR) is 103 cm³/mol. The average Bonchev–Trinajstić information content (AvgIpc) is 3.00. The molecule has 1 amide bonds. The van der Waals surface area contributed by atoms with Crippen molar-refractivity contribution in [1.82, 2.24) is 4.72 Å². The quantitative estimate of drug-likeness (QED) is 0.874. The Bertz CT molecular complexity index is 921. The fraction of sp³-hybridized carbons (Fsp3) is 0.350. The summed E-state index contributed by atoms with van der Waals surface area (Å²) in [6, 6.07) is 12.4. The van der Waals surface area contributed by atoms with Gasteiger partial charge in [-0.2, -0.15) is 0 Å². The molecular weight excluding hydrogens is 348 g/mol. The number of hydrogen-bond donors (Lipinski definition) is 1. The minimum Gasteiger partial charge on any atom is -0.312 e. The van der Waals surface area contributed by atoms with E-state index in [0.717, 1.165) is 28.8 Å². The van der Waals surface area contributed by atoms with Crippen LogP contribution < -0.4 is 9.62 Å². The van der Waals surface area contributed by atoms with E-state index in [1.165, 1.54) is 0 Å². The van der Waals surface area contributed by atoms with E-state index in [4.69, 9.17) is 0 Å². The first-order valence-corrected chi connectivity index (χ1v) is 10.3. The number of amides is 1. The molecule has 2 aromatic rings. The highest BCUT2D eigenvalue weighted by molar-refractivity contribution is 7.89. The summed E-state index contributed by atoms with van der Waals surface area (Å²) in [4.78, 5) is 13.9. The van der Waals surface area contributed by atoms with Crippen LogP contribution in [0.3, 0.4) is 0 Å². The first-order valence-electron chi connectivity index (χ1n) is 8.78. The van der Waals surface area contributed by atoms with Gasteiger partial charge in [-0.05, 0) is 56.5 Å². The Morgan fingerprint density at radius 2 is 1.77 bits per heavy atom. The van der Waals surface area contributed by atoms with E-state index in [1.54, 1.807) is 23.1 Å². The van der Waals surface area contributed by atoms with Crippen molar-refractivity contribution in [2.75, 3.05) is 11.4 Å². The van der Waals surface area contributed by atoms with Crippen molar-refractivity contribution in [3.05, 3.63) is 59.2 Å². The minimum absolute atomic E-state index is 0.0924. The third-order valence-electron chi connectivity index (χ3n) is 4.75. The molecule has 138 valence electrons. The smallest absolute Gasteiger partial charge is 0.241 e. The summed E-state index contributed by atoms with van der Waals surface area (Å²) in [6.45, 7) is 6.35. The van der Waals surface area contributed by atoms with Crippen LogP contribution in [0.15, 0.2) is 47.4 Å². The molecule has 0 unspecified atom stereocenters. The highest BCUT2D eigenvalue weighted by Gasteiger charge is 2.25. The van der Waals surface area contributed by atoms with E-state index in [0.29, 0.717) is 13.0 Å². The van der Waals surface area contributed by atoms with Gasteiger partial charge >= 0.3 is 0 Å². The first-order chi connectivity index (χ1) is 12.3. The van der Waals surface area contributed by atoms with Crippen LogP contribution in [0.1, 0.15) is 42.5 Å². The summed E-state index contributed by atoms with van der Waals surface area (Å²) in [5, 5.41) is 0. The maximum atomic E-state index is 12.7. The average molecular weight is 372 g/mol. The van der Waals surface area contributed by atoms with E-state index in [1.807, 2.05) is 45.0 Å². The second-order valence-electron chi connectivity index (χ2n) is 6.85. The maximum Gasteiger partial charge on any atom is 0.241 e. The monoisotopic (exact) mass is 372 g/mol. The highest BCUT2D eigenvalue weighted by atomic mass is 32.2. The molecule has 0 spiro atoms. The van der Waals surface area contributed by atoms with E-state index < -0.39 is 10.0 Å². The van der Waals surface area contributed by atoms with Crippen LogP contribution in [0.2, 0.25) is 0 Å². The summed E-state index contributed by atoms with van der Waals surface area (Å²) >= 11 is 0. The number of aryl methyl sites for hydroxylation is 2. The lowest BCUT2D eigenvalue weighted by atomic mass is 10.1. The molecule has 0 aromatic heterocycles. The van der Waals surface area contributed by atoms with Crippen molar-refractivity contribution in [2.24, 2.45) is 0 Å². The molecule has 1 heterocycles. The van der Waals surface area contributed by atoms with Crippen molar-refractivity contribution in [3.63, 3.8) is 0 Å². The largest absolute Gasteiger partial charge is 0.312 e. The van der Waals surface area contributed by atoms with Gasteiger partial charge in [-0.3, -0.25) is 4.79 Å². The molecule has 26 heavy (non-hydrogen) atoms. The van der Waals surface area contributed by atoms with Crippen LogP contribution in [0, 0.1) is 13.8 Å². The lowest BCUT2D eigenvalue weighted by molar-refractivity contribution is -0.117. The molecule has 1 aliphatic heterocycles. The normalized spacial score (nSPS) is 16.1. The van der Waals surface area contributed by atoms with Crippen molar-refractivity contribution in [3.8, 4) is 0 Å². The molecular formula is C20H24N2O3S. The zero-order valence-corrected chi connectivity index (χ0v) is 16.1. The lowest BCUT2D eigenvalue weighted by Crippen LogP contribution is -2.28. The van der Waals surface area contributed by atoms with Crippen LogP contribution >= 0.6 is 0 Å². The van der Waals surface area contributed by atoms with Crippen molar-refractivity contribution in [1.29, 1.82) is 0 Å². The summed E-state index contributed by atoms with van der Waals surface area (Å²) in [6.07, 6.45) is 1.39. The molecule has 6 heteroatoms. The van der Waals surface area contributed by atoms with Crippen LogP contribution in [0.4, 0.5) is 5.69 Å². The van der Waals surface area contributed by atoms with E-state index in [9.17, 15) is 13.2 Å². The molecule has 0 aliphatic carbocycles. The predicted octanol–water partition coefficient (Wildman–Crippen LogP) is 3.47. The Labute approximate surface area is 155 Å². The fourth-order valence-corrected chi connectivity index (χ4v) is 4.54. The summed E-state index contributed by atoms with van der Waals surface area (Å²) in [5.74, 6) is 0.0924. The minimum atomic E-state index is -3.65. The SMILES string of the molecule is Cc1ccc([C@H](C)NS(=O)(=O)c2ccc(N3CCCC3=O)c(C)c2)cc1. The molecule has 3 rings (SSSR count). The highest BCUT2D eigenvalue weighted by Crippen LogP contribution is 2.28. The van der Waals surface area contributed by atoms with E-state index in [-0.39, 0.29) is 16.8 Å². The van der Waals surface area contributed by atoms with Crippen LogP contribution in [-0.4, -0.2) is 20.9 Å². The first kappa shape index (κ1) is 18.6. The lowest BCUT2D eigenvalue weighted by Gasteiger charge is -2.20. The Morgan fingerprint density at radius 3 is 2.35 bits per heavy atom. The number of rotatable bonds is 5. The second kappa shape index (κ2) is 7.21. The molecule has 1 aliphatic rings. The van der Waals surface area contributed by atoms with Crippen molar-refractivity contribution in [2.45, 2.75) is 44.6 Å². The standard InChI is InChI=1S/C20H24N2O3S/c1-14-6-8-17(9-7-14)16(3)21-26(24,25)18-10-11-19(15(2)13-18)22-12-4-5-20(22)23/h6-11,13,16,21H,4-5,12H2,1-3H3/t16-/m0/s1. The van der Waals surface area contributed by atoms with Gasteiger partial charge in [-0.1, -0.05) is 29.8 Å². The molecule has 0 saturated carbocycles. The van der Waals surface area contributed by atoms with Gasteiger partial charge in [0.2, 0.25) is 15.9 Å². The summed E-state index contributed by atoms with van der Waals surface area (Å²) in [5.41, 5.74) is 3.62. The molecule has 5 nitrogen and oxygen atoms in total. The Balaban J connectivity index is 1.82. The Morgan fingerprint density at radius 1 is 1.08 bits per heavy atom. The molecule has 2 aromatic carbocycles. The topological polar surface area (TPSA) is 66.5 Å². The zero-order valence-electron chi connectivity index (χ0n) is 15.3. The molecule has 0 radical (unpaired) electrons. The zero-order chi connectivity index (χ0) is 18.9. The van der Waals surface area contributed by atoms with Gasteiger partial charge in [0.1, 0.15) is 0 Å². The van der Waals surface area contributed by atoms with Gasteiger partial charge in [0.05, 0.1) is 4.90 Å². The van der Waals surface area contributed by atoms with Crippen molar-refractivity contribution >= 4 is 21.6 Å². The third-order valence-corrected chi connectivity index (χ3v) is 6.29. The molecule has 1 saturated heterocycles. The molecule has 1 atom stereocenters. The molecule has 1 fully saturated rings. The molecule has 1 N–H and O–H groups in total. The summed E-state index contributed by atoms with van der Waals surface area (Å²) in [7, 11) is -3.65. The van der Waals surface area contributed by atoms with Crippen LogP contribution in [-0.2, 0) is 14.8 Å². The Hall–Kier alpha value is -2.18. The number of carbonyl (C=O) groups excluding carboxylic acids is 1. The van der Waals surface area contributed by atoms with E-state index >= 15 is 0 Å². The Kier molecular flexibility index (Phi) is 5.16. The number of sulfonamides is 1. The molecule has 0 bridgehead atoms. The van der Waals surface area contributed by atoms with Crippen LogP contribution in [0.5, 0.6) is 0 Å². The maximum absolute atomic E-state index is 12.7. The fourth-order valence-electron chi connectivity index (χ4n) is 3.22. The van der Waals surface area contributed by atoms with Gasteiger partial charge in [0, 0.05) is 24.7 Å². The summed E-state index contributed by atoms with van der Waals surface area (Å²) < 4.78 is 28.2.